The van der Waals surface area contributed by atoms with Gasteiger partial charge in [-0.25, -0.2) is 0 Å². The highest BCUT2D eigenvalue weighted by molar-refractivity contribution is 5.97. The number of likely N-dealkylation sites (tertiary alicyclic amines) is 1. The van der Waals surface area contributed by atoms with Crippen LogP contribution in [0.25, 0.3) is 11.1 Å². The van der Waals surface area contributed by atoms with Crippen molar-refractivity contribution < 1.29 is 19.7 Å². The van der Waals surface area contributed by atoms with E-state index in [4.69, 9.17) is 9.47 Å². The Morgan fingerprint density at radius 1 is 1.11 bits per heavy atom. The van der Waals surface area contributed by atoms with Crippen LogP contribution in [-0.2, 0) is 0 Å². The summed E-state index contributed by atoms with van der Waals surface area (Å²) < 4.78 is 12.6. The van der Waals surface area contributed by atoms with E-state index in [9.17, 15) is 15.5 Å². The number of phenolic OH excluding ortho intramolecular Hbond substituents is 2. The molecule has 3 unspecified atom stereocenters. The molecule has 6 heteroatoms. The number of hydrogen-bond donors (Lipinski definition) is 2. The van der Waals surface area contributed by atoms with E-state index < -0.39 is 6.10 Å². The minimum atomic E-state index is -0.509. The predicted octanol–water partition coefficient (Wildman–Crippen LogP) is 6.14. The van der Waals surface area contributed by atoms with Crippen LogP contribution < -0.4 is 9.47 Å². The fourth-order valence-electron chi connectivity index (χ4n) is 5.33. The van der Waals surface area contributed by atoms with E-state index >= 15 is 0 Å². The second-order valence-electron chi connectivity index (χ2n) is 10.1. The zero-order chi connectivity index (χ0) is 26.1. The molecule has 6 nitrogen and oxygen atoms in total. The van der Waals surface area contributed by atoms with E-state index in [1.165, 1.54) is 12.5 Å². The van der Waals surface area contributed by atoms with Gasteiger partial charge < -0.3 is 19.7 Å². The topological polar surface area (TPSA) is 86.0 Å². The summed E-state index contributed by atoms with van der Waals surface area (Å²) in [5, 5.41) is 30.3. The maximum atomic E-state index is 10.4. The number of nitriles is 1. The number of rotatable bonds is 6. The van der Waals surface area contributed by atoms with Crippen LogP contribution in [0.2, 0.25) is 0 Å². The Morgan fingerprint density at radius 3 is 2.59 bits per heavy atom. The van der Waals surface area contributed by atoms with E-state index in [0.29, 0.717) is 24.0 Å². The van der Waals surface area contributed by atoms with Crippen LogP contribution in [0.15, 0.2) is 60.7 Å². The van der Waals surface area contributed by atoms with Crippen molar-refractivity contribution in [2.24, 2.45) is 5.92 Å². The summed E-state index contributed by atoms with van der Waals surface area (Å²) in [4.78, 5) is 2.48. The van der Waals surface area contributed by atoms with Crippen LogP contribution in [0, 0.1) is 17.2 Å². The molecule has 0 aliphatic carbocycles. The largest absolute Gasteiger partial charge is 0.508 e. The third kappa shape index (κ3) is 4.87. The molecule has 0 radical (unpaired) electrons. The molecule has 2 N–H and O–H groups in total. The normalized spacial score (nSPS) is 20.2. The minimum Gasteiger partial charge on any atom is -0.508 e. The number of phenols is 2. The third-order valence-corrected chi connectivity index (χ3v) is 7.48. The Kier molecular flexibility index (Phi) is 6.82. The Bertz CT molecular complexity index is 1370. The fraction of sp³-hybridized carbons (Fsp3) is 0.323. The maximum Gasteiger partial charge on any atom is 0.150 e. The molecule has 0 spiro atoms. The van der Waals surface area contributed by atoms with Gasteiger partial charge in [0.2, 0.25) is 0 Å². The molecule has 3 atom stereocenters. The quantitative estimate of drug-likeness (QED) is 0.426. The van der Waals surface area contributed by atoms with Crippen molar-refractivity contribution in [3.63, 3.8) is 0 Å². The van der Waals surface area contributed by atoms with E-state index in [0.717, 1.165) is 47.0 Å². The summed E-state index contributed by atoms with van der Waals surface area (Å²) in [6.45, 7) is 9.32. The van der Waals surface area contributed by atoms with Crippen molar-refractivity contribution in [3.8, 4) is 29.1 Å². The Labute approximate surface area is 218 Å². The Balaban J connectivity index is 1.46. The Hall–Kier alpha value is -3.95. The maximum absolute atomic E-state index is 10.4. The molecule has 190 valence electrons. The number of ether oxygens (including phenoxy) is 2. The van der Waals surface area contributed by atoms with Crippen molar-refractivity contribution in [2.75, 3.05) is 19.7 Å². The molecular weight excluding hydrogens is 464 g/mol. The van der Waals surface area contributed by atoms with Crippen molar-refractivity contribution >= 4 is 11.1 Å². The SMILES string of the molecule is CC1=C(c2cccc(O)c2C#N)C(c2ccc(OCC(C)N3CCC(C)C3)cc2)Oc2ccc(O)cc21. The van der Waals surface area contributed by atoms with Crippen LogP contribution >= 0.6 is 0 Å². The van der Waals surface area contributed by atoms with Gasteiger partial charge in [-0.1, -0.05) is 31.2 Å². The smallest absolute Gasteiger partial charge is 0.150 e. The molecule has 2 heterocycles. The number of fused-ring (bicyclic) bond motifs is 1. The van der Waals surface area contributed by atoms with Gasteiger partial charge in [0.25, 0.3) is 0 Å². The number of hydrogen-bond acceptors (Lipinski definition) is 6. The molecule has 1 saturated heterocycles. The molecule has 2 aliphatic heterocycles. The molecule has 0 saturated carbocycles. The van der Waals surface area contributed by atoms with Crippen molar-refractivity contribution in [3.05, 3.63) is 82.9 Å². The van der Waals surface area contributed by atoms with Crippen molar-refractivity contribution in [1.82, 2.24) is 4.90 Å². The summed E-state index contributed by atoms with van der Waals surface area (Å²) in [6.07, 6.45) is 0.732. The van der Waals surface area contributed by atoms with Gasteiger partial charge in [-0.15, -0.1) is 0 Å². The third-order valence-electron chi connectivity index (χ3n) is 7.48. The van der Waals surface area contributed by atoms with E-state index in [-0.39, 0.29) is 17.1 Å². The first-order chi connectivity index (χ1) is 17.9. The highest BCUT2D eigenvalue weighted by Gasteiger charge is 2.31. The van der Waals surface area contributed by atoms with E-state index in [2.05, 4.69) is 24.8 Å². The first-order valence-corrected chi connectivity index (χ1v) is 12.8. The number of nitrogens with zero attached hydrogens (tertiary/aromatic N) is 2. The van der Waals surface area contributed by atoms with Gasteiger partial charge in [-0.3, -0.25) is 4.90 Å². The molecule has 3 aromatic rings. The lowest BCUT2D eigenvalue weighted by Crippen LogP contribution is -2.35. The molecule has 3 aromatic carbocycles. The molecule has 5 rings (SSSR count). The van der Waals surface area contributed by atoms with Crippen LogP contribution in [0.5, 0.6) is 23.0 Å². The molecular formula is C31H32N2O4. The number of aromatic hydroxyl groups is 2. The Morgan fingerprint density at radius 2 is 1.89 bits per heavy atom. The summed E-state index contributed by atoms with van der Waals surface area (Å²) >= 11 is 0. The van der Waals surface area contributed by atoms with Gasteiger partial charge in [-0.2, -0.15) is 5.26 Å². The minimum absolute atomic E-state index is 0.0778. The highest BCUT2D eigenvalue weighted by Crippen LogP contribution is 2.48. The first-order valence-electron chi connectivity index (χ1n) is 12.8. The van der Waals surface area contributed by atoms with Crippen molar-refractivity contribution in [2.45, 2.75) is 39.3 Å². The van der Waals surface area contributed by atoms with Crippen LogP contribution in [0.1, 0.15) is 55.5 Å². The number of benzene rings is 3. The molecule has 0 amide bonds. The molecule has 37 heavy (non-hydrogen) atoms. The summed E-state index contributed by atoms with van der Waals surface area (Å²) in [5.41, 5.74) is 4.10. The lowest BCUT2D eigenvalue weighted by molar-refractivity contribution is 0.169. The van der Waals surface area contributed by atoms with Crippen LogP contribution in [0.4, 0.5) is 0 Å². The monoisotopic (exact) mass is 496 g/mol. The summed E-state index contributed by atoms with van der Waals surface area (Å²) in [6, 6.07) is 20.4. The summed E-state index contributed by atoms with van der Waals surface area (Å²) in [7, 11) is 0. The zero-order valence-electron chi connectivity index (χ0n) is 21.4. The van der Waals surface area contributed by atoms with Crippen LogP contribution in [0.3, 0.4) is 0 Å². The van der Waals surface area contributed by atoms with Crippen molar-refractivity contribution in [1.29, 1.82) is 5.26 Å². The predicted molar refractivity (Wildman–Crippen MR) is 144 cm³/mol. The molecule has 2 aliphatic rings. The second kappa shape index (κ2) is 10.2. The van der Waals surface area contributed by atoms with Gasteiger partial charge in [-0.05, 0) is 80.3 Å². The number of allylic oxidation sites excluding steroid dienone is 1. The molecule has 0 aromatic heterocycles. The fourth-order valence-corrected chi connectivity index (χ4v) is 5.33. The molecule has 0 bridgehead atoms. The lowest BCUT2D eigenvalue weighted by Gasteiger charge is -2.31. The van der Waals surface area contributed by atoms with Gasteiger partial charge >= 0.3 is 0 Å². The average Bonchev–Trinajstić information content (AvgIpc) is 3.34. The van der Waals surface area contributed by atoms with Gasteiger partial charge in [0.1, 0.15) is 47.3 Å². The van der Waals surface area contributed by atoms with Gasteiger partial charge in [0.05, 0.1) is 0 Å². The highest BCUT2D eigenvalue weighted by atomic mass is 16.5. The zero-order valence-corrected chi connectivity index (χ0v) is 21.4. The average molecular weight is 497 g/mol. The van der Waals surface area contributed by atoms with E-state index in [1.807, 2.05) is 37.3 Å². The molecule has 1 fully saturated rings. The second-order valence-corrected chi connectivity index (χ2v) is 10.1. The summed E-state index contributed by atoms with van der Waals surface area (Å²) in [5.74, 6) is 2.24. The first kappa shape index (κ1) is 24.7. The van der Waals surface area contributed by atoms with Crippen LogP contribution in [-0.4, -0.2) is 40.9 Å². The van der Waals surface area contributed by atoms with Gasteiger partial charge in [0.15, 0.2) is 0 Å². The lowest BCUT2D eigenvalue weighted by atomic mass is 9.84. The standard InChI is InChI=1S/C31H32N2O4/c1-19-13-14-33(17-19)20(2)18-36-24-10-7-22(8-11-24)31-30(25-5-4-6-28(35)27(25)16-32)21(3)26-15-23(34)9-12-29(26)37-31/h4-12,15,19-20,31,34-35H,13-14,17-18H2,1-3H3. The van der Waals surface area contributed by atoms with E-state index in [1.54, 1.807) is 24.3 Å². The van der Waals surface area contributed by atoms with Gasteiger partial charge in [0, 0.05) is 29.3 Å².